The third kappa shape index (κ3) is 3.38. The topological polar surface area (TPSA) is 44.8 Å². The number of allylic oxidation sites excluding steroid dienone is 1. The number of hydrogen-bond donors (Lipinski definition) is 0. The van der Waals surface area contributed by atoms with Gasteiger partial charge in [0.25, 0.3) is 0 Å². The number of ether oxygens (including phenoxy) is 3. The Labute approximate surface area is 158 Å². The van der Waals surface area contributed by atoms with E-state index in [2.05, 4.69) is 6.58 Å². The largest absolute Gasteiger partial charge is 0.489 e. The molecule has 0 fully saturated rings. The van der Waals surface area contributed by atoms with Gasteiger partial charge >= 0.3 is 0 Å². The standard InChI is InChI=1S/C23H20O4/c1-14(2)13-25-18-8-9-19-21(12-18)27-22(23(19)24)11-17-10-16-6-4-5-7-20(16)26-15(17)3/h4-12,15H,1,13H2,2-3H3/b22-11-/t15-/m1/s1. The third-order valence-corrected chi connectivity index (χ3v) is 4.44. The number of Topliss-reactive ketones (excluding diaryl/α,β-unsaturated/α-hetero) is 1. The van der Waals surface area contributed by atoms with Crippen LogP contribution in [0.2, 0.25) is 0 Å². The number of carbonyl (C=O) groups is 1. The van der Waals surface area contributed by atoms with Gasteiger partial charge in [0.15, 0.2) is 5.76 Å². The van der Waals surface area contributed by atoms with Crippen molar-refractivity contribution in [2.45, 2.75) is 20.0 Å². The van der Waals surface area contributed by atoms with E-state index in [1.807, 2.05) is 44.2 Å². The number of para-hydroxylation sites is 1. The van der Waals surface area contributed by atoms with E-state index in [1.165, 1.54) is 0 Å². The average molecular weight is 360 g/mol. The van der Waals surface area contributed by atoms with Gasteiger partial charge in [-0.2, -0.15) is 0 Å². The first-order valence-electron chi connectivity index (χ1n) is 8.84. The van der Waals surface area contributed by atoms with Gasteiger partial charge in [-0.05, 0) is 55.3 Å². The number of fused-ring (bicyclic) bond motifs is 2. The summed E-state index contributed by atoms with van der Waals surface area (Å²) >= 11 is 0. The molecule has 0 aliphatic carbocycles. The van der Waals surface area contributed by atoms with Crippen LogP contribution in [0, 0.1) is 0 Å². The van der Waals surface area contributed by atoms with Gasteiger partial charge in [0.05, 0.1) is 5.56 Å². The molecule has 0 spiro atoms. The minimum Gasteiger partial charge on any atom is -0.489 e. The lowest BCUT2D eigenvalue weighted by Gasteiger charge is -2.22. The fourth-order valence-electron chi connectivity index (χ4n) is 3.04. The SMILES string of the molecule is C=C(C)COc1ccc2c(c1)O/C(=C\C1=Cc3ccccc3O[C@@H]1C)C2=O. The van der Waals surface area contributed by atoms with Gasteiger partial charge in [-0.1, -0.05) is 24.8 Å². The molecule has 4 nitrogen and oxygen atoms in total. The van der Waals surface area contributed by atoms with Crippen molar-refractivity contribution >= 4 is 11.9 Å². The van der Waals surface area contributed by atoms with Crippen LogP contribution in [0.4, 0.5) is 0 Å². The molecule has 2 heterocycles. The van der Waals surface area contributed by atoms with Crippen LogP contribution in [-0.2, 0) is 0 Å². The van der Waals surface area contributed by atoms with Gasteiger partial charge in [0.1, 0.15) is 30.0 Å². The molecule has 1 atom stereocenters. The van der Waals surface area contributed by atoms with Crippen molar-refractivity contribution in [1.82, 2.24) is 0 Å². The number of benzene rings is 2. The highest BCUT2D eigenvalue weighted by molar-refractivity contribution is 6.12. The lowest BCUT2D eigenvalue weighted by molar-refractivity contribution is 0.101. The van der Waals surface area contributed by atoms with Crippen LogP contribution < -0.4 is 14.2 Å². The van der Waals surface area contributed by atoms with Crippen LogP contribution in [0.5, 0.6) is 17.2 Å². The van der Waals surface area contributed by atoms with Gasteiger partial charge in [0, 0.05) is 11.6 Å². The van der Waals surface area contributed by atoms with E-state index < -0.39 is 0 Å². The monoisotopic (exact) mass is 360 g/mol. The van der Waals surface area contributed by atoms with Crippen molar-refractivity contribution in [2.24, 2.45) is 0 Å². The van der Waals surface area contributed by atoms with Gasteiger partial charge in [-0.3, -0.25) is 4.79 Å². The molecule has 0 saturated heterocycles. The maximum atomic E-state index is 12.7. The van der Waals surface area contributed by atoms with Crippen molar-refractivity contribution in [3.05, 3.63) is 83.2 Å². The molecule has 0 saturated carbocycles. The van der Waals surface area contributed by atoms with E-state index in [0.717, 1.165) is 22.5 Å². The Morgan fingerprint density at radius 1 is 1.22 bits per heavy atom. The average Bonchev–Trinajstić information content (AvgIpc) is 2.96. The first-order valence-corrected chi connectivity index (χ1v) is 8.84. The van der Waals surface area contributed by atoms with Crippen LogP contribution in [0.25, 0.3) is 6.08 Å². The Bertz CT molecular complexity index is 997. The second-order valence-corrected chi connectivity index (χ2v) is 6.79. The molecular formula is C23H20O4. The molecule has 2 aromatic carbocycles. The zero-order chi connectivity index (χ0) is 19.0. The summed E-state index contributed by atoms with van der Waals surface area (Å²) < 4.78 is 17.4. The highest BCUT2D eigenvalue weighted by atomic mass is 16.5. The summed E-state index contributed by atoms with van der Waals surface area (Å²) in [5, 5.41) is 0. The van der Waals surface area contributed by atoms with E-state index in [1.54, 1.807) is 24.3 Å². The highest BCUT2D eigenvalue weighted by Crippen LogP contribution is 2.36. The smallest absolute Gasteiger partial charge is 0.231 e. The highest BCUT2D eigenvalue weighted by Gasteiger charge is 2.29. The molecule has 136 valence electrons. The van der Waals surface area contributed by atoms with Gasteiger partial charge < -0.3 is 14.2 Å². The Hall–Kier alpha value is -3.27. The van der Waals surface area contributed by atoms with Crippen LogP contribution in [-0.4, -0.2) is 18.5 Å². The first-order chi connectivity index (χ1) is 13.0. The predicted molar refractivity (Wildman–Crippen MR) is 104 cm³/mol. The predicted octanol–water partition coefficient (Wildman–Crippen LogP) is 4.97. The summed E-state index contributed by atoms with van der Waals surface area (Å²) in [5.41, 5.74) is 3.34. The van der Waals surface area contributed by atoms with Crippen LogP contribution >= 0.6 is 0 Å². The Kier molecular flexibility index (Phi) is 4.32. The zero-order valence-electron chi connectivity index (χ0n) is 15.3. The number of rotatable bonds is 4. The molecular weight excluding hydrogens is 340 g/mol. The number of carbonyl (C=O) groups excluding carboxylic acids is 1. The molecule has 0 aromatic heterocycles. The second-order valence-electron chi connectivity index (χ2n) is 6.79. The molecule has 2 aromatic rings. The number of hydrogen-bond acceptors (Lipinski definition) is 4. The fraction of sp³-hybridized carbons (Fsp3) is 0.174. The molecule has 0 radical (unpaired) electrons. The molecule has 4 heteroatoms. The molecule has 2 aliphatic rings. The van der Waals surface area contributed by atoms with E-state index in [-0.39, 0.29) is 11.9 Å². The minimum atomic E-state index is -0.165. The summed E-state index contributed by atoms with van der Waals surface area (Å²) in [5.74, 6) is 2.16. The zero-order valence-corrected chi connectivity index (χ0v) is 15.3. The summed E-state index contributed by atoms with van der Waals surface area (Å²) in [4.78, 5) is 12.7. The quantitative estimate of drug-likeness (QED) is 0.571. The fourth-order valence-corrected chi connectivity index (χ4v) is 3.04. The molecule has 2 aliphatic heterocycles. The lowest BCUT2D eigenvalue weighted by Crippen LogP contribution is -2.18. The van der Waals surface area contributed by atoms with Gasteiger partial charge in [-0.15, -0.1) is 0 Å². The molecule has 0 N–H and O–H groups in total. The van der Waals surface area contributed by atoms with Crippen LogP contribution in [0.3, 0.4) is 0 Å². The Morgan fingerprint density at radius 3 is 2.85 bits per heavy atom. The van der Waals surface area contributed by atoms with Gasteiger partial charge in [0.2, 0.25) is 5.78 Å². The van der Waals surface area contributed by atoms with E-state index in [4.69, 9.17) is 14.2 Å². The summed E-state index contributed by atoms with van der Waals surface area (Å²) in [6, 6.07) is 13.1. The molecule has 0 bridgehead atoms. The van der Waals surface area contributed by atoms with Crippen LogP contribution in [0.15, 0.2) is 72.0 Å². The third-order valence-electron chi connectivity index (χ3n) is 4.44. The second kappa shape index (κ2) is 6.80. The van der Waals surface area contributed by atoms with E-state index in [0.29, 0.717) is 29.4 Å². The van der Waals surface area contributed by atoms with Crippen molar-refractivity contribution in [2.75, 3.05) is 6.61 Å². The van der Waals surface area contributed by atoms with E-state index >= 15 is 0 Å². The van der Waals surface area contributed by atoms with Crippen molar-refractivity contribution in [1.29, 1.82) is 0 Å². The first kappa shape index (κ1) is 17.2. The van der Waals surface area contributed by atoms with E-state index in [9.17, 15) is 4.79 Å². The number of ketones is 1. The molecule has 4 rings (SSSR count). The molecule has 27 heavy (non-hydrogen) atoms. The summed E-state index contributed by atoms with van der Waals surface area (Å²) in [6.07, 6.45) is 3.62. The normalized spacial score (nSPS) is 18.9. The van der Waals surface area contributed by atoms with Crippen molar-refractivity contribution in [3.63, 3.8) is 0 Å². The molecule has 0 unspecified atom stereocenters. The summed E-state index contributed by atoms with van der Waals surface area (Å²) in [7, 11) is 0. The van der Waals surface area contributed by atoms with Crippen molar-refractivity contribution < 1.29 is 19.0 Å². The van der Waals surface area contributed by atoms with Crippen molar-refractivity contribution in [3.8, 4) is 17.2 Å². The summed E-state index contributed by atoms with van der Waals surface area (Å²) in [6.45, 7) is 8.09. The maximum absolute atomic E-state index is 12.7. The maximum Gasteiger partial charge on any atom is 0.231 e. The minimum absolute atomic E-state index is 0.136. The Balaban J connectivity index is 1.61. The lowest BCUT2D eigenvalue weighted by atomic mass is 10.0. The van der Waals surface area contributed by atoms with Crippen LogP contribution in [0.1, 0.15) is 29.8 Å². The molecule has 0 amide bonds. The van der Waals surface area contributed by atoms with Gasteiger partial charge in [-0.25, -0.2) is 0 Å². The Morgan fingerprint density at radius 2 is 2.04 bits per heavy atom.